The van der Waals surface area contributed by atoms with E-state index in [4.69, 9.17) is 28.6 Å². The minimum Gasteiger partial charge on any atom is -0.494 e. The average molecular weight is 343 g/mol. The molecule has 0 spiro atoms. The number of methoxy groups -OCH3 is 1. The van der Waals surface area contributed by atoms with Crippen LogP contribution in [0.4, 0.5) is 4.39 Å². The van der Waals surface area contributed by atoms with E-state index in [9.17, 15) is 4.39 Å². The van der Waals surface area contributed by atoms with Crippen molar-refractivity contribution in [1.29, 1.82) is 0 Å². The summed E-state index contributed by atoms with van der Waals surface area (Å²) in [4.78, 5) is 4.11. The second-order valence-electron chi connectivity index (χ2n) is 4.62. The number of rotatable bonds is 3. The standard InChI is InChI=1S/C14H12ClFN2OS2/c1-7(12-3-4-13(15)21-12)18-10-6-11(19-2)8(16)5-9(10)17-14(18)20/h3-7H,1-2H3,(H,17,20). The number of nitrogens with zero attached hydrogens (tertiary/aromatic N) is 1. The molecule has 0 amide bonds. The summed E-state index contributed by atoms with van der Waals surface area (Å²) in [6, 6.07) is 6.88. The minimum atomic E-state index is -0.416. The Morgan fingerprint density at radius 1 is 1.43 bits per heavy atom. The Balaban J connectivity index is 2.22. The maximum atomic E-state index is 13.8. The Morgan fingerprint density at radius 3 is 2.81 bits per heavy atom. The monoisotopic (exact) mass is 342 g/mol. The number of halogens is 2. The van der Waals surface area contributed by atoms with Crippen LogP contribution in [-0.2, 0) is 0 Å². The van der Waals surface area contributed by atoms with Crippen molar-refractivity contribution in [2.45, 2.75) is 13.0 Å². The van der Waals surface area contributed by atoms with Crippen molar-refractivity contribution in [3.8, 4) is 5.75 Å². The van der Waals surface area contributed by atoms with E-state index in [1.54, 1.807) is 6.07 Å². The molecular weight excluding hydrogens is 331 g/mol. The van der Waals surface area contributed by atoms with Crippen LogP contribution >= 0.6 is 35.2 Å². The van der Waals surface area contributed by atoms with Crippen molar-refractivity contribution >= 4 is 46.2 Å². The molecule has 110 valence electrons. The largest absolute Gasteiger partial charge is 0.494 e. The predicted octanol–water partition coefficient (Wildman–Crippen LogP) is 5.17. The maximum absolute atomic E-state index is 13.8. The molecule has 1 N–H and O–H groups in total. The number of imidazole rings is 1. The highest BCUT2D eigenvalue weighted by molar-refractivity contribution is 7.71. The molecule has 3 nitrogen and oxygen atoms in total. The molecule has 7 heteroatoms. The van der Waals surface area contributed by atoms with Gasteiger partial charge in [0.05, 0.1) is 28.5 Å². The van der Waals surface area contributed by atoms with Gasteiger partial charge < -0.3 is 14.3 Å². The molecule has 2 aromatic heterocycles. The van der Waals surface area contributed by atoms with E-state index in [1.165, 1.54) is 24.5 Å². The lowest BCUT2D eigenvalue weighted by Gasteiger charge is -2.13. The van der Waals surface area contributed by atoms with Gasteiger partial charge in [-0.2, -0.15) is 0 Å². The Hall–Kier alpha value is -1.37. The highest BCUT2D eigenvalue weighted by Crippen LogP contribution is 2.33. The van der Waals surface area contributed by atoms with Crippen LogP contribution in [0, 0.1) is 10.6 Å². The first-order valence-electron chi connectivity index (χ1n) is 6.24. The summed E-state index contributed by atoms with van der Waals surface area (Å²) in [5.74, 6) is -0.220. The third-order valence-corrected chi connectivity index (χ3v) is 5.08. The molecule has 0 aliphatic heterocycles. The normalized spacial score (nSPS) is 12.8. The molecule has 0 bridgehead atoms. The lowest BCUT2D eigenvalue weighted by Crippen LogP contribution is -2.05. The van der Waals surface area contributed by atoms with E-state index in [-0.39, 0.29) is 11.8 Å². The molecule has 0 radical (unpaired) electrons. The van der Waals surface area contributed by atoms with E-state index >= 15 is 0 Å². The number of nitrogens with one attached hydrogen (secondary N) is 1. The van der Waals surface area contributed by atoms with Crippen molar-refractivity contribution < 1.29 is 9.13 Å². The highest BCUT2D eigenvalue weighted by Gasteiger charge is 2.17. The fourth-order valence-electron chi connectivity index (χ4n) is 2.35. The maximum Gasteiger partial charge on any atom is 0.178 e. The zero-order valence-corrected chi connectivity index (χ0v) is 13.7. The van der Waals surface area contributed by atoms with Gasteiger partial charge in [0.2, 0.25) is 0 Å². The Morgan fingerprint density at radius 2 is 2.19 bits per heavy atom. The van der Waals surface area contributed by atoms with Crippen LogP contribution in [-0.4, -0.2) is 16.7 Å². The second-order valence-corrected chi connectivity index (χ2v) is 6.76. The van der Waals surface area contributed by atoms with Crippen molar-refractivity contribution in [3.63, 3.8) is 0 Å². The molecule has 1 aromatic carbocycles. The zero-order chi connectivity index (χ0) is 15.1. The SMILES string of the molecule is COc1cc2c(cc1F)[nH]c(=S)n2C(C)c1ccc(Cl)s1. The summed E-state index contributed by atoms with van der Waals surface area (Å²) in [6.07, 6.45) is 0. The molecule has 0 saturated carbocycles. The number of benzene rings is 1. The van der Waals surface area contributed by atoms with Gasteiger partial charge in [-0.1, -0.05) is 11.6 Å². The molecule has 3 aromatic rings. The summed E-state index contributed by atoms with van der Waals surface area (Å²) in [6.45, 7) is 2.03. The van der Waals surface area contributed by atoms with Crippen LogP contribution in [0.2, 0.25) is 4.34 Å². The average Bonchev–Trinajstić information content (AvgIpc) is 3.00. The van der Waals surface area contributed by atoms with Crippen molar-refractivity contribution in [3.05, 3.63) is 44.1 Å². The number of hydrogen-bond acceptors (Lipinski definition) is 3. The summed E-state index contributed by atoms with van der Waals surface area (Å²) in [5, 5.41) is 0. The first-order valence-corrected chi connectivity index (χ1v) is 7.84. The molecule has 3 rings (SSSR count). The number of thiophene rings is 1. The van der Waals surface area contributed by atoms with E-state index < -0.39 is 5.82 Å². The van der Waals surface area contributed by atoms with E-state index in [2.05, 4.69) is 4.98 Å². The molecule has 0 aliphatic carbocycles. The number of ether oxygens (including phenoxy) is 1. The minimum absolute atomic E-state index is 0.00100. The Kier molecular flexibility index (Phi) is 3.77. The van der Waals surface area contributed by atoms with Gasteiger partial charge in [0.25, 0.3) is 0 Å². The number of H-pyrrole nitrogens is 1. The third kappa shape index (κ3) is 2.47. The number of aromatic nitrogens is 2. The summed E-state index contributed by atoms with van der Waals surface area (Å²) in [5.41, 5.74) is 1.45. The molecule has 1 atom stereocenters. The summed E-state index contributed by atoms with van der Waals surface area (Å²) >= 11 is 12.9. The Labute approximate surface area is 134 Å². The highest BCUT2D eigenvalue weighted by atomic mass is 35.5. The van der Waals surface area contributed by atoms with Gasteiger partial charge in [0, 0.05) is 17.0 Å². The lowest BCUT2D eigenvalue weighted by molar-refractivity contribution is 0.387. The van der Waals surface area contributed by atoms with Gasteiger partial charge >= 0.3 is 0 Å². The van der Waals surface area contributed by atoms with Gasteiger partial charge in [-0.25, -0.2) is 4.39 Å². The van der Waals surface area contributed by atoms with Crippen molar-refractivity contribution in [1.82, 2.24) is 9.55 Å². The molecular formula is C14H12ClFN2OS2. The third-order valence-electron chi connectivity index (χ3n) is 3.38. The molecule has 2 heterocycles. The Bertz CT molecular complexity index is 868. The van der Waals surface area contributed by atoms with Gasteiger partial charge in [0.15, 0.2) is 16.3 Å². The number of fused-ring (bicyclic) bond motifs is 1. The summed E-state index contributed by atoms with van der Waals surface area (Å²) < 4.78 is 22.0. The molecule has 0 aliphatic rings. The van der Waals surface area contributed by atoms with E-state index in [0.717, 1.165) is 14.7 Å². The molecule has 0 saturated heterocycles. The van der Waals surface area contributed by atoms with Crippen LogP contribution in [0.15, 0.2) is 24.3 Å². The summed E-state index contributed by atoms with van der Waals surface area (Å²) in [7, 11) is 1.44. The fraction of sp³-hybridized carbons (Fsp3) is 0.214. The predicted molar refractivity (Wildman–Crippen MR) is 86.8 cm³/mol. The van der Waals surface area contributed by atoms with E-state index in [0.29, 0.717) is 10.3 Å². The quantitative estimate of drug-likeness (QED) is 0.665. The van der Waals surface area contributed by atoms with E-state index in [1.807, 2.05) is 23.6 Å². The molecule has 21 heavy (non-hydrogen) atoms. The molecule has 0 fully saturated rings. The van der Waals surface area contributed by atoms with Gasteiger partial charge in [-0.3, -0.25) is 0 Å². The fourth-order valence-corrected chi connectivity index (χ4v) is 3.82. The van der Waals surface area contributed by atoms with Crippen LogP contribution in [0.5, 0.6) is 5.75 Å². The van der Waals surface area contributed by atoms with Gasteiger partial charge in [-0.15, -0.1) is 11.3 Å². The van der Waals surface area contributed by atoms with Crippen molar-refractivity contribution in [2.24, 2.45) is 0 Å². The van der Waals surface area contributed by atoms with Crippen molar-refractivity contribution in [2.75, 3.05) is 7.11 Å². The first-order chi connectivity index (χ1) is 10.0. The number of hydrogen-bond donors (Lipinski definition) is 1. The smallest absolute Gasteiger partial charge is 0.178 e. The zero-order valence-electron chi connectivity index (χ0n) is 11.3. The molecule has 1 unspecified atom stereocenters. The van der Waals surface area contributed by atoms with Crippen LogP contribution in [0.3, 0.4) is 0 Å². The topological polar surface area (TPSA) is 29.9 Å². The second kappa shape index (κ2) is 5.44. The van der Waals surface area contributed by atoms with Gasteiger partial charge in [0.1, 0.15) is 0 Å². The lowest BCUT2D eigenvalue weighted by atomic mass is 10.2. The number of aromatic amines is 1. The first kappa shape index (κ1) is 14.6. The van der Waals surface area contributed by atoms with Crippen LogP contribution in [0.25, 0.3) is 11.0 Å². The van der Waals surface area contributed by atoms with Gasteiger partial charge in [-0.05, 0) is 31.3 Å². The van der Waals surface area contributed by atoms with Crippen LogP contribution < -0.4 is 4.74 Å². The van der Waals surface area contributed by atoms with Crippen LogP contribution in [0.1, 0.15) is 17.8 Å².